The van der Waals surface area contributed by atoms with Crippen LogP contribution < -0.4 is 5.32 Å². The lowest BCUT2D eigenvalue weighted by molar-refractivity contribution is -0.119. The third-order valence-electron chi connectivity index (χ3n) is 4.61. The minimum Gasteiger partial charge on any atom is -0.353 e. The van der Waals surface area contributed by atoms with Gasteiger partial charge in [0.05, 0.1) is 0 Å². The predicted molar refractivity (Wildman–Crippen MR) is 84.9 cm³/mol. The highest BCUT2D eigenvalue weighted by Gasteiger charge is 2.44. The van der Waals surface area contributed by atoms with Crippen LogP contribution in [-0.2, 0) is 17.6 Å². The molecule has 1 aliphatic heterocycles. The van der Waals surface area contributed by atoms with E-state index in [2.05, 4.69) is 60.8 Å². The molecule has 108 valence electrons. The maximum Gasteiger partial charge on any atom is 0.220 e. The summed E-state index contributed by atoms with van der Waals surface area (Å²) in [5.41, 5.74) is 2.58. The summed E-state index contributed by atoms with van der Waals surface area (Å²) in [5, 5.41) is 3.11. The molecule has 0 saturated carbocycles. The Bertz CT molecular complexity index is 564. The van der Waals surface area contributed by atoms with Gasteiger partial charge in [-0.25, -0.2) is 0 Å². The molecule has 0 bridgehead atoms. The zero-order valence-electron chi connectivity index (χ0n) is 12.4. The highest BCUT2D eigenvalue weighted by Crippen LogP contribution is 2.39. The van der Waals surface area contributed by atoms with Gasteiger partial charge >= 0.3 is 0 Å². The van der Waals surface area contributed by atoms with Crippen molar-refractivity contribution in [1.29, 1.82) is 0 Å². The second kappa shape index (κ2) is 5.72. The van der Waals surface area contributed by atoms with E-state index in [9.17, 15) is 4.79 Å². The largest absolute Gasteiger partial charge is 0.353 e. The molecule has 2 aromatic carbocycles. The van der Waals surface area contributed by atoms with Gasteiger partial charge in [0.15, 0.2) is 0 Å². The van der Waals surface area contributed by atoms with Gasteiger partial charge in [-0.15, -0.1) is 0 Å². The van der Waals surface area contributed by atoms with E-state index < -0.39 is 0 Å². The first-order valence-electron chi connectivity index (χ1n) is 7.55. The number of carbonyl (C=O) groups is 1. The van der Waals surface area contributed by atoms with Crippen molar-refractivity contribution in [3.63, 3.8) is 0 Å². The van der Waals surface area contributed by atoms with Crippen molar-refractivity contribution >= 4 is 5.91 Å². The number of amides is 1. The van der Waals surface area contributed by atoms with Crippen LogP contribution in [0.5, 0.6) is 0 Å². The first-order chi connectivity index (χ1) is 10.2. The molecular weight excluding hydrogens is 258 g/mol. The number of hydrogen-bond acceptors (Lipinski definition) is 1. The molecule has 1 N–H and O–H groups in total. The fraction of sp³-hybridized carbons (Fsp3) is 0.316. The molecule has 1 saturated heterocycles. The summed E-state index contributed by atoms with van der Waals surface area (Å²) in [4.78, 5) is 11.9. The second-order valence-electron chi connectivity index (χ2n) is 6.15. The molecule has 2 aromatic rings. The summed E-state index contributed by atoms with van der Waals surface area (Å²) >= 11 is 0. The fourth-order valence-corrected chi connectivity index (χ4v) is 3.42. The van der Waals surface area contributed by atoms with Gasteiger partial charge in [-0.2, -0.15) is 0 Å². The van der Waals surface area contributed by atoms with Crippen LogP contribution in [0.25, 0.3) is 0 Å². The monoisotopic (exact) mass is 279 g/mol. The SMILES string of the molecule is CC1NC(=O)CC1(Cc1ccccc1)Cc1ccccc1. The lowest BCUT2D eigenvalue weighted by atomic mass is 9.71. The van der Waals surface area contributed by atoms with Gasteiger partial charge in [0.1, 0.15) is 0 Å². The van der Waals surface area contributed by atoms with E-state index in [-0.39, 0.29) is 17.4 Å². The van der Waals surface area contributed by atoms with Gasteiger partial charge in [-0.05, 0) is 30.9 Å². The van der Waals surface area contributed by atoms with Crippen molar-refractivity contribution in [2.75, 3.05) is 0 Å². The molecule has 1 fully saturated rings. The van der Waals surface area contributed by atoms with Crippen LogP contribution in [0.15, 0.2) is 60.7 Å². The molecule has 0 aliphatic carbocycles. The van der Waals surface area contributed by atoms with Crippen molar-refractivity contribution in [2.45, 2.75) is 32.2 Å². The van der Waals surface area contributed by atoms with Crippen molar-refractivity contribution in [2.24, 2.45) is 5.41 Å². The molecule has 3 rings (SSSR count). The van der Waals surface area contributed by atoms with Crippen molar-refractivity contribution in [1.82, 2.24) is 5.32 Å². The van der Waals surface area contributed by atoms with E-state index in [4.69, 9.17) is 0 Å². The van der Waals surface area contributed by atoms with Crippen molar-refractivity contribution in [3.8, 4) is 0 Å². The van der Waals surface area contributed by atoms with Crippen LogP contribution in [0.4, 0.5) is 0 Å². The summed E-state index contributed by atoms with van der Waals surface area (Å²) in [5.74, 6) is 0.175. The zero-order chi connectivity index (χ0) is 14.7. The summed E-state index contributed by atoms with van der Waals surface area (Å²) in [7, 11) is 0. The highest BCUT2D eigenvalue weighted by molar-refractivity contribution is 5.80. The Morgan fingerprint density at radius 2 is 1.43 bits per heavy atom. The van der Waals surface area contributed by atoms with Crippen molar-refractivity contribution in [3.05, 3.63) is 71.8 Å². The summed E-state index contributed by atoms with van der Waals surface area (Å²) in [6.07, 6.45) is 2.48. The van der Waals surface area contributed by atoms with Gasteiger partial charge in [0, 0.05) is 17.9 Å². The number of benzene rings is 2. The van der Waals surface area contributed by atoms with Gasteiger partial charge in [-0.1, -0.05) is 60.7 Å². The van der Waals surface area contributed by atoms with E-state index in [0.29, 0.717) is 6.42 Å². The molecule has 1 heterocycles. The maximum atomic E-state index is 11.9. The Kier molecular flexibility index (Phi) is 3.78. The first-order valence-corrected chi connectivity index (χ1v) is 7.55. The van der Waals surface area contributed by atoms with Crippen LogP contribution in [0, 0.1) is 5.41 Å². The molecule has 1 unspecified atom stereocenters. The summed E-state index contributed by atoms with van der Waals surface area (Å²) in [6, 6.07) is 21.2. The molecule has 0 aromatic heterocycles. The molecule has 1 atom stereocenters. The molecular formula is C19H21NO. The van der Waals surface area contributed by atoms with Gasteiger partial charge in [0.25, 0.3) is 0 Å². The normalized spacial score (nSPS) is 20.2. The van der Waals surface area contributed by atoms with Crippen molar-refractivity contribution < 1.29 is 4.79 Å². The quantitative estimate of drug-likeness (QED) is 0.913. The third kappa shape index (κ3) is 2.99. The van der Waals surface area contributed by atoms with Gasteiger partial charge in [-0.3, -0.25) is 4.79 Å². The second-order valence-corrected chi connectivity index (χ2v) is 6.15. The zero-order valence-corrected chi connectivity index (χ0v) is 12.4. The minimum atomic E-state index is -0.0280. The van der Waals surface area contributed by atoms with Crippen LogP contribution in [-0.4, -0.2) is 11.9 Å². The van der Waals surface area contributed by atoms with Crippen LogP contribution in [0.3, 0.4) is 0 Å². The Morgan fingerprint density at radius 1 is 0.952 bits per heavy atom. The average molecular weight is 279 g/mol. The topological polar surface area (TPSA) is 29.1 Å². The highest BCUT2D eigenvalue weighted by atomic mass is 16.2. The molecule has 2 heteroatoms. The van der Waals surface area contributed by atoms with Crippen LogP contribution in [0.2, 0.25) is 0 Å². The third-order valence-corrected chi connectivity index (χ3v) is 4.61. The Labute approximate surface area is 126 Å². The fourth-order valence-electron chi connectivity index (χ4n) is 3.42. The Morgan fingerprint density at radius 3 is 1.81 bits per heavy atom. The summed E-state index contributed by atoms with van der Waals surface area (Å²) in [6.45, 7) is 2.14. The molecule has 0 spiro atoms. The molecule has 21 heavy (non-hydrogen) atoms. The minimum absolute atomic E-state index is 0.0280. The Balaban J connectivity index is 1.90. The molecule has 0 radical (unpaired) electrons. The lowest BCUT2D eigenvalue weighted by Gasteiger charge is -2.32. The maximum absolute atomic E-state index is 11.9. The first kappa shape index (κ1) is 13.9. The number of carbonyl (C=O) groups excluding carboxylic acids is 1. The standard InChI is InChI=1S/C19H21NO/c1-15-19(14-18(21)20-15,12-16-8-4-2-5-9-16)13-17-10-6-3-7-11-17/h2-11,15H,12-14H2,1H3,(H,20,21). The molecule has 2 nitrogen and oxygen atoms in total. The van der Waals surface area contributed by atoms with Crippen LogP contribution in [0.1, 0.15) is 24.5 Å². The smallest absolute Gasteiger partial charge is 0.220 e. The summed E-state index contributed by atoms with van der Waals surface area (Å²) < 4.78 is 0. The van der Waals surface area contributed by atoms with E-state index >= 15 is 0 Å². The van der Waals surface area contributed by atoms with E-state index in [1.807, 2.05) is 12.1 Å². The van der Waals surface area contributed by atoms with E-state index in [1.54, 1.807) is 0 Å². The predicted octanol–water partition coefficient (Wildman–Crippen LogP) is 3.37. The molecule has 1 amide bonds. The number of nitrogens with one attached hydrogen (secondary N) is 1. The Hall–Kier alpha value is -2.09. The van der Waals surface area contributed by atoms with Gasteiger partial charge < -0.3 is 5.32 Å². The number of hydrogen-bond donors (Lipinski definition) is 1. The van der Waals surface area contributed by atoms with E-state index in [0.717, 1.165) is 12.8 Å². The van der Waals surface area contributed by atoms with Crippen LogP contribution >= 0.6 is 0 Å². The number of rotatable bonds is 4. The molecule has 1 aliphatic rings. The average Bonchev–Trinajstić information content (AvgIpc) is 2.75. The van der Waals surface area contributed by atoms with Gasteiger partial charge in [0.2, 0.25) is 5.91 Å². The van der Waals surface area contributed by atoms with E-state index in [1.165, 1.54) is 11.1 Å². The lowest BCUT2D eigenvalue weighted by Crippen LogP contribution is -2.38.